The Morgan fingerprint density at radius 2 is 1.93 bits per heavy atom. The summed E-state index contributed by atoms with van der Waals surface area (Å²) < 4.78 is 52.5. The fourth-order valence-corrected chi connectivity index (χ4v) is 3.78. The lowest BCUT2D eigenvalue weighted by atomic mass is 10.1. The van der Waals surface area contributed by atoms with Crippen LogP contribution in [0.25, 0.3) is 10.4 Å². The molecule has 0 aliphatic heterocycles. The maximum absolute atomic E-state index is 14.0. The number of carbonyl (C=O) groups is 1. The zero-order valence-corrected chi connectivity index (χ0v) is 14.9. The molecule has 1 aromatic heterocycles. The number of carbonyl (C=O) groups excluding carboxylic acids is 1. The Hall–Kier alpha value is -2.74. The number of halogens is 4. The van der Waals surface area contributed by atoms with Gasteiger partial charge in [-0.15, -0.1) is 11.3 Å². The first kappa shape index (κ1) is 19.0. The maximum atomic E-state index is 14.0. The molecule has 1 amide bonds. The third kappa shape index (κ3) is 4.16. The average Bonchev–Trinajstić information content (AvgIpc) is 2.94. The first-order valence-corrected chi connectivity index (χ1v) is 8.69. The summed E-state index contributed by atoms with van der Waals surface area (Å²) in [5.74, 6) is -1.59. The number of aromatic nitrogens is 1. The topological polar surface area (TPSA) is 56.0 Å². The third-order valence-electron chi connectivity index (χ3n) is 3.95. The van der Waals surface area contributed by atoms with Crippen LogP contribution >= 0.6 is 11.3 Å². The number of thiazole rings is 1. The molecule has 0 fully saturated rings. The number of primary amides is 1. The van der Waals surface area contributed by atoms with E-state index in [0.29, 0.717) is 26.7 Å². The van der Waals surface area contributed by atoms with Crippen molar-refractivity contribution < 1.29 is 22.4 Å². The molecule has 2 aromatic carbocycles. The minimum atomic E-state index is -4.40. The lowest BCUT2D eigenvalue weighted by Crippen LogP contribution is -2.12. The van der Waals surface area contributed by atoms with Gasteiger partial charge in [-0.05, 0) is 36.2 Å². The van der Waals surface area contributed by atoms with E-state index in [1.807, 2.05) is 0 Å². The molecule has 0 unspecified atom stereocenters. The zero-order chi connectivity index (χ0) is 19.8. The normalized spacial score (nSPS) is 11.6. The van der Waals surface area contributed by atoms with Gasteiger partial charge < -0.3 is 5.73 Å². The van der Waals surface area contributed by atoms with Crippen molar-refractivity contribution in [3.8, 4) is 10.4 Å². The molecule has 0 saturated heterocycles. The predicted molar refractivity (Wildman–Crippen MR) is 95.0 cm³/mol. The van der Waals surface area contributed by atoms with Gasteiger partial charge >= 0.3 is 6.18 Å². The van der Waals surface area contributed by atoms with Crippen molar-refractivity contribution >= 4 is 17.2 Å². The summed E-state index contributed by atoms with van der Waals surface area (Å²) in [6.07, 6.45) is -4.17. The first-order valence-electron chi connectivity index (χ1n) is 7.87. The van der Waals surface area contributed by atoms with Crippen LogP contribution in [-0.2, 0) is 12.6 Å². The van der Waals surface area contributed by atoms with Crippen molar-refractivity contribution in [3.05, 3.63) is 75.7 Å². The standard InChI is InChI=1S/C19H14F4N2OS/c1-10-17(12-5-6-14(18(24)26)15(20)9-12)27-16(25-10)8-11-3-2-4-13(7-11)19(21,22)23/h2-7,9H,8H2,1H3,(H2,24,26). The highest BCUT2D eigenvalue weighted by Crippen LogP contribution is 2.33. The van der Waals surface area contributed by atoms with Crippen LogP contribution in [0.5, 0.6) is 0 Å². The summed E-state index contributed by atoms with van der Waals surface area (Å²) in [5.41, 5.74) is 5.83. The number of rotatable bonds is 4. The van der Waals surface area contributed by atoms with E-state index in [1.54, 1.807) is 19.1 Å². The van der Waals surface area contributed by atoms with Crippen LogP contribution in [-0.4, -0.2) is 10.9 Å². The largest absolute Gasteiger partial charge is 0.416 e. The Bertz CT molecular complexity index is 1010. The predicted octanol–water partition coefficient (Wildman–Crippen LogP) is 4.97. The van der Waals surface area contributed by atoms with Gasteiger partial charge in [0.05, 0.1) is 26.7 Å². The summed E-state index contributed by atoms with van der Waals surface area (Å²) in [6.45, 7) is 1.74. The monoisotopic (exact) mass is 394 g/mol. The molecule has 140 valence electrons. The van der Waals surface area contributed by atoms with Gasteiger partial charge in [0.2, 0.25) is 0 Å². The SMILES string of the molecule is Cc1nc(Cc2cccc(C(F)(F)F)c2)sc1-c1ccc(C(N)=O)c(F)c1. The lowest BCUT2D eigenvalue weighted by Gasteiger charge is -2.07. The van der Waals surface area contributed by atoms with E-state index in [9.17, 15) is 22.4 Å². The molecule has 0 aliphatic rings. The van der Waals surface area contributed by atoms with E-state index in [4.69, 9.17) is 5.73 Å². The van der Waals surface area contributed by atoms with Crippen molar-refractivity contribution in [1.82, 2.24) is 4.98 Å². The van der Waals surface area contributed by atoms with Crippen LogP contribution in [0, 0.1) is 12.7 Å². The summed E-state index contributed by atoms with van der Waals surface area (Å²) in [5, 5.41) is 0.612. The molecule has 0 saturated carbocycles. The van der Waals surface area contributed by atoms with Crippen molar-refractivity contribution in [3.63, 3.8) is 0 Å². The van der Waals surface area contributed by atoms with Gasteiger partial charge in [-0.2, -0.15) is 13.2 Å². The summed E-state index contributed by atoms with van der Waals surface area (Å²) >= 11 is 1.27. The van der Waals surface area contributed by atoms with Gasteiger partial charge in [-0.25, -0.2) is 9.37 Å². The number of aryl methyl sites for hydroxylation is 1. The third-order valence-corrected chi connectivity index (χ3v) is 5.15. The maximum Gasteiger partial charge on any atom is 0.416 e. The van der Waals surface area contributed by atoms with Gasteiger partial charge in [-0.1, -0.05) is 24.3 Å². The molecule has 0 spiro atoms. The van der Waals surface area contributed by atoms with Gasteiger partial charge in [0.15, 0.2) is 0 Å². The molecule has 0 atom stereocenters. The smallest absolute Gasteiger partial charge is 0.366 e. The van der Waals surface area contributed by atoms with Gasteiger partial charge in [0.25, 0.3) is 5.91 Å². The lowest BCUT2D eigenvalue weighted by molar-refractivity contribution is -0.137. The Kier molecular flexibility index (Phi) is 5.01. The van der Waals surface area contributed by atoms with E-state index in [-0.39, 0.29) is 12.0 Å². The fraction of sp³-hybridized carbons (Fsp3) is 0.158. The second kappa shape index (κ2) is 7.11. The summed E-state index contributed by atoms with van der Waals surface area (Å²) in [6, 6.07) is 9.15. The Morgan fingerprint density at radius 1 is 1.19 bits per heavy atom. The molecular formula is C19H14F4N2OS. The van der Waals surface area contributed by atoms with E-state index < -0.39 is 23.5 Å². The molecule has 27 heavy (non-hydrogen) atoms. The molecule has 0 radical (unpaired) electrons. The number of nitrogens with zero attached hydrogens (tertiary/aromatic N) is 1. The van der Waals surface area contributed by atoms with Crippen LogP contribution < -0.4 is 5.73 Å². The zero-order valence-electron chi connectivity index (χ0n) is 14.1. The van der Waals surface area contributed by atoms with Crippen molar-refractivity contribution in [2.45, 2.75) is 19.5 Å². The van der Waals surface area contributed by atoms with Crippen molar-refractivity contribution in [2.75, 3.05) is 0 Å². The number of amides is 1. The van der Waals surface area contributed by atoms with Crippen LogP contribution in [0.2, 0.25) is 0 Å². The number of alkyl halides is 3. The Labute approximate surface area is 156 Å². The van der Waals surface area contributed by atoms with Gasteiger partial charge in [0.1, 0.15) is 5.82 Å². The van der Waals surface area contributed by atoms with Crippen molar-refractivity contribution in [2.24, 2.45) is 5.73 Å². The Morgan fingerprint density at radius 3 is 2.56 bits per heavy atom. The van der Waals surface area contributed by atoms with Crippen molar-refractivity contribution in [1.29, 1.82) is 0 Å². The number of hydrogen-bond acceptors (Lipinski definition) is 3. The Balaban J connectivity index is 1.89. The molecule has 3 nitrogen and oxygen atoms in total. The summed E-state index contributed by atoms with van der Waals surface area (Å²) in [7, 11) is 0. The molecule has 2 N–H and O–H groups in total. The number of nitrogens with two attached hydrogens (primary N) is 1. The quantitative estimate of drug-likeness (QED) is 0.636. The average molecular weight is 394 g/mol. The second-order valence-electron chi connectivity index (χ2n) is 5.96. The van der Waals surface area contributed by atoms with Gasteiger partial charge in [0, 0.05) is 6.42 Å². The molecule has 1 heterocycles. The molecule has 0 aliphatic carbocycles. The van der Waals surface area contributed by atoms with Crippen LogP contribution in [0.3, 0.4) is 0 Å². The molecule has 3 rings (SSSR count). The van der Waals surface area contributed by atoms with Crippen LogP contribution in [0.4, 0.5) is 17.6 Å². The van der Waals surface area contributed by atoms with Crippen LogP contribution in [0.1, 0.15) is 32.2 Å². The molecule has 0 bridgehead atoms. The molecule has 3 aromatic rings. The van der Waals surface area contributed by atoms with Gasteiger partial charge in [-0.3, -0.25) is 4.79 Å². The van der Waals surface area contributed by atoms with Crippen LogP contribution in [0.15, 0.2) is 42.5 Å². The highest BCUT2D eigenvalue weighted by molar-refractivity contribution is 7.15. The number of benzene rings is 2. The second-order valence-corrected chi connectivity index (χ2v) is 7.04. The molecular weight excluding hydrogens is 380 g/mol. The molecule has 8 heteroatoms. The number of hydrogen-bond donors (Lipinski definition) is 1. The minimum absolute atomic E-state index is 0.204. The minimum Gasteiger partial charge on any atom is -0.366 e. The fourth-order valence-electron chi connectivity index (χ4n) is 2.68. The highest BCUT2D eigenvalue weighted by Gasteiger charge is 2.30. The van der Waals surface area contributed by atoms with E-state index in [1.165, 1.54) is 29.5 Å². The van der Waals surface area contributed by atoms with E-state index in [2.05, 4.69) is 4.98 Å². The first-order chi connectivity index (χ1) is 12.6. The highest BCUT2D eigenvalue weighted by atomic mass is 32.1. The van der Waals surface area contributed by atoms with E-state index in [0.717, 1.165) is 12.1 Å². The van der Waals surface area contributed by atoms with E-state index >= 15 is 0 Å². The summed E-state index contributed by atoms with van der Waals surface area (Å²) in [4.78, 5) is 16.2.